The van der Waals surface area contributed by atoms with E-state index in [0.717, 1.165) is 6.07 Å². The number of aromatic nitrogens is 1. The monoisotopic (exact) mass is 287 g/mol. The highest BCUT2D eigenvalue weighted by Crippen LogP contribution is 2.19. The first-order chi connectivity index (χ1) is 9.99. The summed E-state index contributed by atoms with van der Waals surface area (Å²) >= 11 is 0. The molecule has 0 aliphatic carbocycles. The van der Waals surface area contributed by atoms with E-state index in [4.69, 9.17) is 10.00 Å². The van der Waals surface area contributed by atoms with Crippen LogP contribution >= 0.6 is 0 Å². The van der Waals surface area contributed by atoms with Crippen LogP contribution in [0.3, 0.4) is 0 Å². The summed E-state index contributed by atoms with van der Waals surface area (Å²) in [5.74, 6) is -1.11. The summed E-state index contributed by atoms with van der Waals surface area (Å²) in [6.45, 7) is 1.55. The van der Waals surface area contributed by atoms with E-state index in [1.54, 1.807) is 12.1 Å². The lowest BCUT2D eigenvalue weighted by Gasteiger charge is -2.22. The van der Waals surface area contributed by atoms with Gasteiger partial charge in [0.1, 0.15) is 11.4 Å². The Morgan fingerprint density at radius 2 is 2.33 bits per heavy atom. The molecule has 21 heavy (non-hydrogen) atoms. The molecular weight excluding hydrogens is 273 g/mol. The fourth-order valence-electron chi connectivity index (χ4n) is 2.03. The molecule has 0 fully saturated rings. The summed E-state index contributed by atoms with van der Waals surface area (Å²) < 4.78 is 18.5. The van der Waals surface area contributed by atoms with Crippen LogP contribution in [0.5, 0.6) is 0 Å². The van der Waals surface area contributed by atoms with Crippen LogP contribution in [-0.2, 0) is 4.74 Å². The predicted molar refractivity (Wildman–Crippen MR) is 75.1 cm³/mol. The Morgan fingerprint density at radius 1 is 1.57 bits per heavy atom. The maximum atomic E-state index is 13.6. The lowest BCUT2D eigenvalue weighted by Crippen LogP contribution is -2.48. The molecule has 1 amide bonds. The lowest BCUT2D eigenvalue weighted by molar-refractivity contribution is 0.0861. The van der Waals surface area contributed by atoms with Gasteiger partial charge in [0.25, 0.3) is 5.91 Å². The van der Waals surface area contributed by atoms with Crippen molar-refractivity contribution in [1.82, 2.24) is 10.3 Å². The second kappa shape index (κ2) is 5.85. The quantitative estimate of drug-likeness (QED) is 0.933. The summed E-state index contributed by atoms with van der Waals surface area (Å²) in [6.07, 6.45) is 1.52. The zero-order chi connectivity index (χ0) is 15.5. The lowest BCUT2D eigenvalue weighted by atomic mass is 10.0. The molecule has 0 saturated carbocycles. The molecule has 1 atom stereocenters. The van der Waals surface area contributed by atoms with Crippen molar-refractivity contribution in [3.05, 3.63) is 41.8 Å². The van der Waals surface area contributed by atoms with Crippen molar-refractivity contribution < 1.29 is 13.9 Å². The first kappa shape index (κ1) is 14.9. The summed E-state index contributed by atoms with van der Waals surface area (Å²) in [5.41, 5.74) is -0.725. The van der Waals surface area contributed by atoms with Crippen LogP contribution in [0.4, 0.5) is 4.39 Å². The molecular formula is C15H14FN3O2. The number of halogens is 1. The van der Waals surface area contributed by atoms with Crippen molar-refractivity contribution in [3.8, 4) is 6.07 Å². The van der Waals surface area contributed by atoms with E-state index in [1.165, 1.54) is 26.3 Å². The van der Waals surface area contributed by atoms with Crippen LogP contribution in [0.2, 0.25) is 0 Å². The average Bonchev–Trinajstić information content (AvgIpc) is 2.46. The molecule has 5 nitrogen and oxygen atoms in total. The summed E-state index contributed by atoms with van der Waals surface area (Å²) in [7, 11) is 1.43. The molecule has 0 spiro atoms. The summed E-state index contributed by atoms with van der Waals surface area (Å²) in [6, 6.07) is 7.71. The molecule has 0 aliphatic heterocycles. The largest absolute Gasteiger partial charge is 0.381 e. The second-order valence-electron chi connectivity index (χ2n) is 4.86. The number of nitrogens with zero attached hydrogens (tertiary/aromatic N) is 2. The number of amides is 1. The third kappa shape index (κ3) is 3.15. The standard InChI is InChI=1S/C15H14FN3O2/c1-15(8-17,9-21-2)19-14(20)12-7-11(16)6-10-4-3-5-18-13(10)12/h3-7H,9H2,1-2H3,(H,19,20)/t15-/m0/s1. The Labute approximate surface area is 121 Å². The van der Waals surface area contributed by atoms with Gasteiger partial charge in [-0.05, 0) is 25.1 Å². The van der Waals surface area contributed by atoms with Gasteiger partial charge in [-0.15, -0.1) is 0 Å². The van der Waals surface area contributed by atoms with Gasteiger partial charge in [0, 0.05) is 18.7 Å². The van der Waals surface area contributed by atoms with E-state index in [-0.39, 0.29) is 12.2 Å². The number of benzene rings is 1. The van der Waals surface area contributed by atoms with Crippen molar-refractivity contribution >= 4 is 16.8 Å². The van der Waals surface area contributed by atoms with E-state index in [1.807, 2.05) is 6.07 Å². The van der Waals surface area contributed by atoms with Gasteiger partial charge in [0.15, 0.2) is 0 Å². The van der Waals surface area contributed by atoms with Crippen molar-refractivity contribution in [3.63, 3.8) is 0 Å². The Balaban J connectivity index is 2.42. The van der Waals surface area contributed by atoms with Crippen LogP contribution in [-0.4, -0.2) is 30.1 Å². The molecule has 2 rings (SSSR count). The summed E-state index contributed by atoms with van der Waals surface area (Å²) in [4.78, 5) is 16.4. The van der Waals surface area contributed by atoms with E-state index >= 15 is 0 Å². The molecule has 108 valence electrons. The van der Waals surface area contributed by atoms with E-state index in [9.17, 15) is 9.18 Å². The number of nitriles is 1. The van der Waals surface area contributed by atoms with Crippen LogP contribution in [0, 0.1) is 17.1 Å². The van der Waals surface area contributed by atoms with Crippen molar-refractivity contribution in [2.75, 3.05) is 13.7 Å². The number of hydrogen-bond donors (Lipinski definition) is 1. The molecule has 6 heteroatoms. The van der Waals surface area contributed by atoms with Crippen LogP contribution in [0.1, 0.15) is 17.3 Å². The number of hydrogen-bond acceptors (Lipinski definition) is 4. The number of methoxy groups -OCH3 is 1. The van der Waals surface area contributed by atoms with Gasteiger partial charge in [0.05, 0.1) is 23.8 Å². The third-order valence-electron chi connectivity index (χ3n) is 2.98. The highest BCUT2D eigenvalue weighted by atomic mass is 19.1. The fourth-order valence-corrected chi connectivity index (χ4v) is 2.03. The molecule has 0 radical (unpaired) electrons. The Kier molecular flexibility index (Phi) is 4.15. The minimum Gasteiger partial charge on any atom is -0.381 e. The summed E-state index contributed by atoms with van der Waals surface area (Å²) in [5, 5.41) is 12.2. The molecule has 1 N–H and O–H groups in total. The molecule has 1 aromatic heterocycles. The van der Waals surface area contributed by atoms with Gasteiger partial charge in [-0.1, -0.05) is 6.07 Å². The minimum atomic E-state index is -1.20. The Morgan fingerprint density at radius 3 is 3.00 bits per heavy atom. The van der Waals surface area contributed by atoms with E-state index < -0.39 is 17.3 Å². The maximum absolute atomic E-state index is 13.6. The molecule has 1 aromatic carbocycles. The number of rotatable bonds is 4. The number of carbonyl (C=O) groups excluding carboxylic acids is 1. The minimum absolute atomic E-state index is 0.0237. The van der Waals surface area contributed by atoms with Crippen LogP contribution in [0.25, 0.3) is 10.9 Å². The number of nitrogens with one attached hydrogen (secondary N) is 1. The molecule has 0 aliphatic rings. The molecule has 0 unspecified atom stereocenters. The van der Waals surface area contributed by atoms with Crippen molar-refractivity contribution in [2.24, 2.45) is 0 Å². The second-order valence-corrected chi connectivity index (χ2v) is 4.86. The highest BCUT2D eigenvalue weighted by Gasteiger charge is 2.27. The Bertz CT molecular complexity index is 726. The van der Waals surface area contributed by atoms with Gasteiger partial charge in [-0.25, -0.2) is 4.39 Å². The molecule has 2 aromatic rings. The molecule has 1 heterocycles. The number of pyridine rings is 1. The van der Waals surface area contributed by atoms with Gasteiger partial charge < -0.3 is 10.1 Å². The van der Waals surface area contributed by atoms with Gasteiger partial charge in [-0.3, -0.25) is 9.78 Å². The number of fused-ring (bicyclic) bond motifs is 1. The number of carbonyl (C=O) groups is 1. The van der Waals surface area contributed by atoms with Gasteiger partial charge in [-0.2, -0.15) is 5.26 Å². The molecule has 0 bridgehead atoms. The van der Waals surface area contributed by atoms with Gasteiger partial charge >= 0.3 is 0 Å². The normalized spacial score (nSPS) is 13.4. The van der Waals surface area contributed by atoms with Crippen molar-refractivity contribution in [2.45, 2.75) is 12.5 Å². The maximum Gasteiger partial charge on any atom is 0.254 e. The zero-order valence-electron chi connectivity index (χ0n) is 11.7. The van der Waals surface area contributed by atoms with Crippen molar-refractivity contribution in [1.29, 1.82) is 5.26 Å². The first-order valence-corrected chi connectivity index (χ1v) is 6.26. The van der Waals surface area contributed by atoms with Gasteiger partial charge in [0.2, 0.25) is 0 Å². The van der Waals surface area contributed by atoms with Crippen LogP contribution in [0.15, 0.2) is 30.5 Å². The molecule has 0 saturated heterocycles. The first-order valence-electron chi connectivity index (χ1n) is 6.26. The highest BCUT2D eigenvalue weighted by molar-refractivity contribution is 6.05. The third-order valence-corrected chi connectivity index (χ3v) is 2.98. The Hall–Kier alpha value is -2.52. The van der Waals surface area contributed by atoms with E-state index in [0.29, 0.717) is 10.9 Å². The zero-order valence-corrected chi connectivity index (χ0v) is 11.7. The topological polar surface area (TPSA) is 75.0 Å². The predicted octanol–water partition coefficient (Wildman–Crippen LogP) is 2.03. The smallest absolute Gasteiger partial charge is 0.254 e. The average molecular weight is 287 g/mol. The fraction of sp³-hybridized carbons (Fsp3) is 0.267. The van der Waals surface area contributed by atoms with Crippen LogP contribution < -0.4 is 5.32 Å². The number of ether oxygens (including phenoxy) is 1. The van der Waals surface area contributed by atoms with E-state index in [2.05, 4.69) is 10.3 Å². The SMILES string of the molecule is COC[C@](C)(C#N)NC(=O)c1cc(F)cc2cccnc12.